The van der Waals surface area contributed by atoms with Crippen LogP contribution in [0.2, 0.25) is 5.15 Å². The summed E-state index contributed by atoms with van der Waals surface area (Å²) in [5, 5.41) is 0.219. The van der Waals surface area contributed by atoms with Crippen LogP contribution in [0.5, 0.6) is 0 Å². The molecular formula is C12H11ClN2O5S. The number of nitrogens with zero attached hydrogens (tertiary/aromatic N) is 1. The van der Waals surface area contributed by atoms with E-state index in [4.69, 9.17) is 16.0 Å². The van der Waals surface area contributed by atoms with Gasteiger partial charge in [-0.3, -0.25) is 4.79 Å². The number of pyridine rings is 1. The topological polar surface area (TPSA) is 98.5 Å². The van der Waals surface area contributed by atoms with Gasteiger partial charge in [-0.25, -0.2) is 13.4 Å². The van der Waals surface area contributed by atoms with Crippen LogP contribution in [0.1, 0.15) is 12.8 Å². The fourth-order valence-electron chi connectivity index (χ4n) is 2.01. The van der Waals surface area contributed by atoms with Gasteiger partial charge in [0, 0.05) is 12.3 Å². The lowest BCUT2D eigenvalue weighted by molar-refractivity contribution is -0.143. The average Bonchev–Trinajstić information content (AvgIpc) is 3.05. The lowest BCUT2D eigenvalue weighted by atomic mass is 10.3. The molecule has 9 heteroatoms. The second-order valence-corrected chi connectivity index (χ2v) is 6.73. The van der Waals surface area contributed by atoms with E-state index in [0.29, 0.717) is 23.8 Å². The van der Waals surface area contributed by atoms with Crippen LogP contribution >= 0.6 is 11.6 Å². The van der Waals surface area contributed by atoms with E-state index in [0.717, 1.165) is 0 Å². The number of halogens is 1. The first kappa shape index (κ1) is 14.3. The number of ether oxygens (including phenoxy) is 1. The van der Waals surface area contributed by atoms with Crippen molar-refractivity contribution < 1.29 is 22.4 Å². The van der Waals surface area contributed by atoms with Crippen LogP contribution in [0.15, 0.2) is 27.8 Å². The van der Waals surface area contributed by atoms with E-state index in [1.54, 1.807) is 0 Å². The van der Waals surface area contributed by atoms with E-state index in [-0.39, 0.29) is 10.2 Å². The van der Waals surface area contributed by atoms with Gasteiger partial charge in [-0.05, 0) is 18.9 Å². The standard InChI is InChI=1S/C12H11ClN2O5S/c1-19-11(16)12(3-4-12)15-21(17,18)9-6-7-8(20-9)2-5-14-10(7)13/h2,5-6,15H,3-4H2,1H3. The molecule has 0 amide bonds. The molecule has 2 aromatic heterocycles. The van der Waals surface area contributed by atoms with Gasteiger partial charge in [0.1, 0.15) is 16.3 Å². The zero-order chi connectivity index (χ0) is 15.3. The molecule has 21 heavy (non-hydrogen) atoms. The molecule has 0 atom stereocenters. The number of methoxy groups -OCH3 is 1. The number of carbonyl (C=O) groups excluding carboxylic acids is 1. The van der Waals surface area contributed by atoms with Gasteiger partial charge >= 0.3 is 5.97 Å². The highest BCUT2D eigenvalue weighted by Crippen LogP contribution is 2.38. The Hall–Kier alpha value is -1.64. The van der Waals surface area contributed by atoms with Gasteiger partial charge in [-0.2, -0.15) is 4.72 Å². The third-order valence-corrected chi connectivity index (χ3v) is 4.99. The monoisotopic (exact) mass is 330 g/mol. The highest BCUT2D eigenvalue weighted by Gasteiger charge is 2.54. The predicted molar refractivity (Wildman–Crippen MR) is 73.3 cm³/mol. The van der Waals surface area contributed by atoms with Crippen LogP contribution < -0.4 is 4.72 Å². The van der Waals surface area contributed by atoms with E-state index in [1.807, 2.05) is 0 Å². The Balaban J connectivity index is 1.98. The van der Waals surface area contributed by atoms with Crippen molar-refractivity contribution in [3.63, 3.8) is 0 Å². The maximum atomic E-state index is 12.3. The Morgan fingerprint density at radius 1 is 1.52 bits per heavy atom. The van der Waals surface area contributed by atoms with E-state index < -0.39 is 21.5 Å². The minimum atomic E-state index is -3.99. The smallest absolute Gasteiger partial charge is 0.327 e. The van der Waals surface area contributed by atoms with Crippen molar-refractivity contribution >= 4 is 38.6 Å². The molecule has 2 aromatic rings. The molecule has 3 rings (SSSR count). The number of hydrogen-bond acceptors (Lipinski definition) is 6. The molecule has 0 saturated heterocycles. The largest absolute Gasteiger partial charge is 0.468 e. The van der Waals surface area contributed by atoms with Crippen LogP contribution in [-0.2, 0) is 19.6 Å². The van der Waals surface area contributed by atoms with Crippen molar-refractivity contribution in [2.75, 3.05) is 7.11 Å². The Morgan fingerprint density at radius 2 is 2.24 bits per heavy atom. The molecule has 0 aliphatic heterocycles. The highest BCUT2D eigenvalue weighted by atomic mass is 35.5. The molecule has 1 aliphatic carbocycles. The lowest BCUT2D eigenvalue weighted by Crippen LogP contribution is -2.43. The van der Waals surface area contributed by atoms with Crippen LogP contribution in [0, 0.1) is 0 Å². The molecule has 112 valence electrons. The summed E-state index contributed by atoms with van der Waals surface area (Å²) in [6.45, 7) is 0. The third kappa shape index (κ3) is 2.39. The molecule has 0 spiro atoms. The highest BCUT2D eigenvalue weighted by molar-refractivity contribution is 7.89. The van der Waals surface area contributed by atoms with Crippen molar-refractivity contribution in [3.05, 3.63) is 23.5 Å². The summed E-state index contributed by atoms with van der Waals surface area (Å²) in [5.74, 6) is -0.609. The van der Waals surface area contributed by atoms with E-state index in [9.17, 15) is 13.2 Å². The van der Waals surface area contributed by atoms with Crippen LogP contribution in [-0.4, -0.2) is 32.0 Å². The quantitative estimate of drug-likeness (QED) is 0.673. The second kappa shape index (κ2) is 4.69. The zero-order valence-corrected chi connectivity index (χ0v) is 12.5. The first-order chi connectivity index (χ1) is 9.88. The van der Waals surface area contributed by atoms with Gasteiger partial charge in [0.25, 0.3) is 10.0 Å². The van der Waals surface area contributed by atoms with Crippen LogP contribution in [0.25, 0.3) is 11.0 Å². The second-order valence-electron chi connectivity index (χ2n) is 4.76. The molecule has 0 radical (unpaired) electrons. The lowest BCUT2D eigenvalue weighted by Gasteiger charge is -2.13. The number of rotatable bonds is 4. The number of fused-ring (bicyclic) bond motifs is 1. The number of carbonyl (C=O) groups is 1. The van der Waals surface area contributed by atoms with Gasteiger partial charge in [0.2, 0.25) is 5.09 Å². The van der Waals surface area contributed by atoms with E-state index in [1.165, 1.54) is 25.4 Å². The summed E-state index contributed by atoms with van der Waals surface area (Å²) in [5.41, 5.74) is -0.882. The van der Waals surface area contributed by atoms with Gasteiger partial charge in [0.05, 0.1) is 12.5 Å². The predicted octanol–water partition coefficient (Wildman–Crippen LogP) is 1.47. The Kier molecular flexibility index (Phi) is 3.19. The molecule has 1 fully saturated rings. The molecular weight excluding hydrogens is 320 g/mol. The van der Waals surface area contributed by atoms with Gasteiger partial charge in [0.15, 0.2) is 0 Å². The van der Waals surface area contributed by atoms with Crippen molar-refractivity contribution in [2.24, 2.45) is 0 Å². The number of furan rings is 1. The first-order valence-corrected chi connectivity index (χ1v) is 7.90. The summed E-state index contributed by atoms with van der Waals surface area (Å²) in [7, 11) is -2.78. The minimum Gasteiger partial charge on any atom is -0.468 e. The summed E-state index contributed by atoms with van der Waals surface area (Å²) in [6.07, 6.45) is 2.19. The molecule has 0 unspecified atom stereocenters. The summed E-state index contributed by atoms with van der Waals surface area (Å²) in [4.78, 5) is 15.5. The fourth-order valence-corrected chi connectivity index (χ4v) is 3.59. The number of sulfonamides is 1. The van der Waals surface area contributed by atoms with Crippen molar-refractivity contribution in [3.8, 4) is 0 Å². The normalized spacial score (nSPS) is 16.9. The first-order valence-electron chi connectivity index (χ1n) is 6.04. The molecule has 0 aromatic carbocycles. The molecule has 7 nitrogen and oxygen atoms in total. The molecule has 1 N–H and O–H groups in total. The van der Waals surface area contributed by atoms with E-state index >= 15 is 0 Å². The zero-order valence-electron chi connectivity index (χ0n) is 10.9. The van der Waals surface area contributed by atoms with Gasteiger partial charge < -0.3 is 9.15 Å². The minimum absolute atomic E-state index is 0.145. The molecule has 0 bridgehead atoms. The average molecular weight is 331 g/mol. The van der Waals surface area contributed by atoms with Crippen molar-refractivity contribution in [1.29, 1.82) is 0 Å². The van der Waals surface area contributed by atoms with Gasteiger partial charge in [-0.1, -0.05) is 11.6 Å². The number of hydrogen-bond donors (Lipinski definition) is 1. The third-order valence-electron chi connectivity index (χ3n) is 3.29. The maximum absolute atomic E-state index is 12.3. The maximum Gasteiger partial charge on any atom is 0.327 e. The molecule has 2 heterocycles. The summed E-state index contributed by atoms with van der Waals surface area (Å²) in [6, 6.07) is 2.79. The Labute approximate surface area is 125 Å². The molecule has 1 aliphatic rings. The Bertz CT molecular complexity index is 825. The van der Waals surface area contributed by atoms with Crippen LogP contribution in [0.4, 0.5) is 0 Å². The molecule has 1 saturated carbocycles. The van der Waals surface area contributed by atoms with Crippen molar-refractivity contribution in [2.45, 2.75) is 23.5 Å². The fraction of sp³-hybridized carbons (Fsp3) is 0.333. The SMILES string of the molecule is COC(=O)C1(NS(=O)(=O)c2cc3c(Cl)nccc3o2)CC1. The summed E-state index contributed by atoms with van der Waals surface area (Å²) < 4.78 is 36.8. The van der Waals surface area contributed by atoms with Crippen LogP contribution in [0.3, 0.4) is 0 Å². The number of nitrogens with one attached hydrogen (secondary N) is 1. The Morgan fingerprint density at radius 3 is 2.81 bits per heavy atom. The number of esters is 1. The van der Waals surface area contributed by atoms with Gasteiger partial charge in [-0.15, -0.1) is 0 Å². The number of aromatic nitrogens is 1. The van der Waals surface area contributed by atoms with Crippen molar-refractivity contribution in [1.82, 2.24) is 9.71 Å². The van der Waals surface area contributed by atoms with E-state index in [2.05, 4.69) is 14.4 Å². The summed E-state index contributed by atoms with van der Waals surface area (Å²) >= 11 is 5.88.